The molecule has 0 radical (unpaired) electrons. The number of ether oxygens (including phenoxy) is 1. The maximum absolute atomic E-state index is 5.64. The predicted octanol–water partition coefficient (Wildman–Crippen LogP) is 3.49. The number of hydrogen-bond acceptors (Lipinski definition) is 5. The molecule has 0 saturated carbocycles. The van der Waals surface area contributed by atoms with Crippen molar-refractivity contribution in [3.05, 3.63) is 47.6 Å². The molecule has 0 atom stereocenters. The zero-order valence-electron chi connectivity index (χ0n) is 11.2. The maximum Gasteiger partial charge on any atom is 0.138 e. The quantitative estimate of drug-likeness (QED) is 0.729. The van der Waals surface area contributed by atoms with Gasteiger partial charge in [-0.3, -0.25) is 0 Å². The lowest BCUT2D eigenvalue weighted by molar-refractivity contribution is 0.333. The van der Waals surface area contributed by atoms with Crippen LogP contribution in [0.5, 0.6) is 5.75 Å². The van der Waals surface area contributed by atoms with E-state index < -0.39 is 0 Å². The molecular weight excluding hydrogens is 270 g/mol. The van der Waals surface area contributed by atoms with Gasteiger partial charge in [0, 0.05) is 4.88 Å². The van der Waals surface area contributed by atoms with Crippen molar-refractivity contribution in [3.8, 4) is 5.75 Å². The van der Waals surface area contributed by atoms with Crippen molar-refractivity contribution in [3.63, 3.8) is 0 Å². The van der Waals surface area contributed by atoms with Crippen molar-refractivity contribution < 1.29 is 4.74 Å². The van der Waals surface area contributed by atoms with E-state index in [0.717, 1.165) is 21.8 Å². The van der Waals surface area contributed by atoms with Crippen LogP contribution in [0, 0.1) is 6.92 Å². The van der Waals surface area contributed by atoms with Gasteiger partial charge < -0.3 is 10.1 Å². The number of anilines is 1. The van der Waals surface area contributed by atoms with Gasteiger partial charge in [-0.05, 0) is 25.1 Å². The van der Waals surface area contributed by atoms with Gasteiger partial charge in [0.25, 0.3) is 0 Å². The predicted molar refractivity (Wildman–Crippen MR) is 82.6 cm³/mol. The van der Waals surface area contributed by atoms with E-state index in [0.29, 0.717) is 13.2 Å². The second-order valence-corrected chi connectivity index (χ2v) is 5.62. The fraction of sp³-hybridized carbons (Fsp3) is 0.200. The largest absolute Gasteiger partial charge is 0.492 e. The molecule has 1 N–H and O–H groups in total. The first-order chi connectivity index (χ1) is 9.83. The smallest absolute Gasteiger partial charge is 0.138 e. The van der Waals surface area contributed by atoms with Gasteiger partial charge in [0.1, 0.15) is 29.3 Å². The third-order valence-electron chi connectivity index (χ3n) is 2.86. The lowest BCUT2D eigenvalue weighted by atomic mass is 10.3. The highest BCUT2D eigenvalue weighted by molar-refractivity contribution is 7.18. The van der Waals surface area contributed by atoms with Crippen LogP contribution in [0.3, 0.4) is 0 Å². The number of thiophene rings is 1. The highest BCUT2D eigenvalue weighted by atomic mass is 32.1. The third kappa shape index (κ3) is 2.88. The molecule has 2 heterocycles. The molecule has 0 spiro atoms. The molecule has 2 aromatic heterocycles. The number of hydrogen-bond donors (Lipinski definition) is 1. The summed E-state index contributed by atoms with van der Waals surface area (Å²) in [5, 5.41) is 4.38. The molecule has 0 saturated heterocycles. The lowest BCUT2D eigenvalue weighted by Gasteiger charge is -2.08. The van der Waals surface area contributed by atoms with E-state index >= 15 is 0 Å². The highest BCUT2D eigenvalue weighted by Gasteiger charge is 2.06. The van der Waals surface area contributed by atoms with Gasteiger partial charge in [0.2, 0.25) is 0 Å². The zero-order valence-corrected chi connectivity index (χ0v) is 12.0. The van der Waals surface area contributed by atoms with Crippen LogP contribution in [-0.4, -0.2) is 23.1 Å². The minimum absolute atomic E-state index is 0.596. The van der Waals surface area contributed by atoms with Crippen LogP contribution >= 0.6 is 11.3 Å². The Kier molecular flexibility index (Phi) is 3.78. The standard InChI is InChI=1S/C15H15N3OS/c1-11-9-13-14(17-10-18-15(13)20-11)16-7-8-19-12-5-3-2-4-6-12/h2-6,9-10H,7-8H2,1H3,(H,16,17,18). The topological polar surface area (TPSA) is 47.0 Å². The molecule has 0 fully saturated rings. The van der Waals surface area contributed by atoms with E-state index in [4.69, 9.17) is 4.74 Å². The van der Waals surface area contributed by atoms with E-state index in [-0.39, 0.29) is 0 Å². The minimum Gasteiger partial charge on any atom is -0.492 e. The van der Waals surface area contributed by atoms with E-state index in [1.165, 1.54) is 4.88 Å². The van der Waals surface area contributed by atoms with Crippen LogP contribution in [0.4, 0.5) is 5.82 Å². The Labute approximate surface area is 121 Å². The van der Waals surface area contributed by atoms with Crippen LogP contribution in [0.25, 0.3) is 10.2 Å². The molecule has 3 rings (SSSR count). The number of fused-ring (bicyclic) bond motifs is 1. The molecule has 0 aliphatic carbocycles. The fourth-order valence-corrected chi connectivity index (χ4v) is 2.82. The van der Waals surface area contributed by atoms with Gasteiger partial charge >= 0.3 is 0 Å². The van der Waals surface area contributed by atoms with Crippen molar-refractivity contribution in [1.82, 2.24) is 9.97 Å². The molecule has 1 aromatic carbocycles. The second-order valence-electron chi connectivity index (χ2n) is 4.39. The number of nitrogens with one attached hydrogen (secondary N) is 1. The first kappa shape index (κ1) is 12.9. The van der Waals surface area contributed by atoms with Gasteiger partial charge in [-0.25, -0.2) is 9.97 Å². The van der Waals surface area contributed by atoms with Crippen LogP contribution < -0.4 is 10.1 Å². The average Bonchev–Trinajstić information content (AvgIpc) is 2.86. The average molecular weight is 285 g/mol. The van der Waals surface area contributed by atoms with E-state index in [1.54, 1.807) is 17.7 Å². The van der Waals surface area contributed by atoms with Gasteiger partial charge in [-0.2, -0.15) is 0 Å². The van der Waals surface area contributed by atoms with E-state index in [1.807, 2.05) is 30.3 Å². The summed E-state index contributed by atoms with van der Waals surface area (Å²) < 4.78 is 5.64. The van der Waals surface area contributed by atoms with Crippen LogP contribution in [-0.2, 0) is 0 Å². The summed E-state index contributed by atoms with van der Waals surface area (Å²) in [6.45, 7) is 3.38. The van der Waals surface area contributed by atoms with Crippen LogP contribution in [0.1, 0.15) is 4.88 Å². The first-order valence-electron chi connectivity index (χ1n) is 6.46. The number of aromatic nitrogens is 2. The molecule has 0 aliphatic rings. The minimum atomic E-state index is 0.596. The summed E-state index contributed by atoms with van der Waals surface area (Å²) in [6.07, 6.45) is 1.60. The van der Waals surface area contributed by atoms with Gasteiger partial charge in [-0.1, -0.05) is 18.2 Å². The summed E-state index contributed by atoms with van der Waals surface area (Å²) in [7, 11) is 0. The molecular formula is C15H15N3OS. The normalized spacial score (nSPS) is 10.7. The van der Waals surface area contributed by atoms with Crippen LogP contribution in [0.15, 0.2) is 42.7 Å². The number of rotatable bonds is 5. The third-order valence-corrected chi connectivity index (χ3v) is 3.82. The molecule has 0 amide bonds. The van der Waals surface area contributed by atoms with Crippen molar-refractivity contribution in [2.75, 3.05) is 18.5 Å². The van der Waals surface area contributed by atoms with E-state index in [9.17, 15) is 0 Å². The Morgan fingerprint density at radius 2 is 2.05 bits per heavy atom. The van der Waals surface area contributed by atoms with Crippen LogP contribution in [0.2, 0.25) is 0 Å². The second kappa shape index (κ2) is 5.88. The molecule has 20 heavy (non-hydrogen) atoms. The Bertz CT molecular complexity index is 697. The number of aryl methyl sites for hydroxylation is 1. The number of benzene rings is 1. The maximum atomic E-state index is 5.64. The summed E-state index contributed by atoms with van der Waals surface area (Å²) in [5.41, 5.74) is 0. The first-order valence-corrected chi connectivity index (χ1v) is 7.27. The summed E-state index contributed by atoms with van der Waals surface area (Å²) >= 11 is 1.68. The van der Waals surface area contributed by atoms with Crippen molar-refractivity contribution >= 4 is 27.4 Å². The Hall–Kier alpha value is -2.14. The summed E-state index contributed by atoms with van der Waals surface area (Å²) in [6, 6.07) is 11.9. The van der Waals surface area contributed by atoms with E-state index in [2.05, 4.69) is 28.3 Å². The molecule has 0 unspecified atom stereocenters. The Morgan fingerprint density at radius 3 is 2.90 bits per heavy atom. The molecule has 5 heteroatoms. The van der Waals surface area contributed by atoms with Crippen molar-refractivity contribution in [2.24, 2.45) is 0 Å². The molecule has 3 aromatic rings. The number of nitrogens with zero attached hydrogens (tertiary/aromatic N) is 2. The number of para-hydroxylation sites is 1. The van der Waals surface area contributed by atoms with Crippen molar-refractivity contribution in [1.29, 1.82) is 0 Å². The Balaban J connectivity index is 1.60. The highest BCUT2D eigenvalue weighted by Crippen LogP contribution is 2.27. The summed E-state index contributed by atoms with van der Waals surface area (Å²) in [4.78, 5) is 10.8. The molecule has 0 bridgehead atoms. The van der Waals surface area contributed by atoms with Gasteiger partial charge in [-0.15, -0.1) is 11.3 Å². The lowest BCUT2D eigenvalue weighted by Crippen LogP contribution is -2.12. The summed E-state index contributed by atoms with van der Waals surface area (Å²) in [5.74, 6) is 1.75. The zero-order chi connectivity index (χ0) is 13.8. The van der Waals surface area contributed by atoms with Gasteiger partial charge in [0.05, 0.1) is 11.9 Å². The monoisotopic (exact) mass is 285 g/mol. The molecule has 0 aliphatic heterocycles. The van der Waals surface area contributed by atoms with Crippen molar-refractivity contribution in [2.45, 2.75) is 6.92 Å². The molecule has 4 nitrogen and oxygen atoms in total. The molecule has 102 valence electrons. The fourth-order valence-electron chi connectivity index (χ4n) is 1.97. The SMILES string of the molecule is Cc1cc2c(NCCOc3ccccc3)ncnc2s1. The van der Waals surface area contributed by atoms with Gasteiger partial charge in [0.15, 0.2) is 0 Å². The Morgan fingerprint density at radius 1 is 1.20 bits per heavy atom.